The average Bonchev–Trinajstić information content (AvgIpc) is 3.19. The van der Waals surface area contributed by atoms with E-state index < -0.39 is 0 Å². The fourth-order valence-electron chi connectivity index (χ4n) is 7.89. The molecular formula is C49H38N2. The summed E-state index contributed by atoms with van der Waals surface area (Å²) in [5, 5.41) is 2.46. The molecule has 0 radical (unpaired) electrons. The molecule has 0 amide bonds. The van der Waals surface area contributed by atoms with Crippen LogP contribution in [-0.4, -0.2) is 0 Å². The maximum atomic E-state index is 2.53. The van der Waals surface area contributed by atoms with Crippen LogP contribution in [0.4, 0.5) is 34.1 Å². The van der Waals surface area contributed by atoms with Crippen molar-refractivity contribution in [2.24, 2.45) is 0 Å². The van der Waals surface area contributed by atoms with Gasteiger partial charge in [-0.15, -0.1) is 0 Å². The third-order valence-corrected chi connectivity index (χ3v) is 10.4. The van der Waals surface area contributed by atoms with Crippen molar-refractivity contribution < 1.29 is 0 Å². The van der Waals surface area contributed by atoms with Crippen LogP contribution < -0.4 is 9.80 Å². The lowest BCUT2D eigenvalue weighted by molar-refractivity contribution is 0.632. The molecule has 1 heterocycles. The molecule has 0 saturated carbocycles. The minimum absolute atomic E-state index is 0.186. The lowest BCUT2D eigenvalue weighted by Crippen LogP contribution is -2.31. The molecule has 1 aliphatic heterocycles. The van der Waals surface area contributed by atoms with Crippen LogP contribution in [0.5, 0.6) is 0 Å². The number of anilines is 6. The molecule has 8 aromatic rings. The Morgan fingerprint density at radius 3 is 1.67 bits per heavy atom. The van der Waals surface area contributed by atoms with Crippen molar-refractivity contribution in [2.45, 2.75) is 19.3 Å². The van der Waals surface area contributed by atoms with Gasteiger partial charge in [0.2, 0.25) is 0 Å². The first kappa shape index (κ1) is 30.7. The SMILES string of the molecule is CC1(C)c2ccccc2N(c2c(-c3ccccc3)ccc3ccccc23)c2cc(-c3ccc(N(c4ccccc4)c4ccccc4)cc3)ccc21. The van der Waals surface area contributed by atoms with E-state index in [-0.39, 0.29) is 5.41 Å². The number of fused-ring (bicyclic) bond motifs is 3. The zero-order valence-corrected chi connectivity index (χ0v) is 28.9. The summed E-state index contributed by atoms with van der Waals surface area (Å²) < 4.78 is 0. The minimum atomic E-state index is -0.186. The van der Waals surface area contributed by atoms with E-state index in [1.165, 1.54) is 61.2 Å². The molecule has 244 valence electrons. The number of nitrogens with zero attached hydrogens (tertiary/aromatic N) is 2. The second-order valence-electron chi connectivity index (χ2n) is 13.8. The predicted molar refractivity (Wildman–Crippen MR) is 216 cm³/mol. The number of benzene rings is 8. The Morgan fingerprint density at radius 2 is 0.961 bits per heavy atom. The molecule has 0 spiro atoms. The van der Waals surface area contributed by atoms with Crippen LogP contribution >= 0.6 is 0 Å². The number of hydrogen-bond acceptors (Lipinski definition) is 2. The van der Waals surface area contributed by atoms with Gasteiger partial charge < -0.3 is 9.80 Å². The first-order valence-corrected chi connectivity index (χ1v) is 17.7. The lowest BCUT2D eigenvalue weighted by Gasteiger charge is -2.43. The number of para-hydroxylation sites is 3. The van der Waals surface area contributed by atoms with Gasteiger partial charge in [-0.1, -0.05) is 159 Å². The van der Waals surface area contributed by atoms with Crippen molar-refractivity contribution in [2.75, 3.05) is 9.80 Å². The van der Waals surface area contributed by atoms with Gasteiger partial charge in [0.1, 0.15) is 0 Å². The summed E-state index contributed by atoms with van der Waals surface area (Å²) in [7, 11) is 0. The summed E-state index contributed by atoms with van der Waals surface area (Å²) in [5.74, 6) is 0. The maximum absolute atomic E-state index is 2.53. The van der Waals surface area contributed by atoms with Gasteiger partial charge in [-0.05, 0) is 81.7 Å². The molecule has 51 heavy (non-hydrogen) atoms. The van der Waals surface area contributed by atoms with Crippen LogP contribution in [0.15, 0.2) is 194 Å². The van der Waals surface area contributed by atoms with Gasteiger partial charge in [-0.25, -0.2) is 0 Å². The smallest absolute Gasteiger partial charge is 0.0618 e. The maximum Gasteiger partial charge on any atom is 0.0618 e. The molecule has 8 aromatic carbocycles. The summed E-state index contributed by atoms with van der Waals surface area (Å²) in [4.78, 5) is 4.84. The summed E-state index contributed by atoms with van der Waals surface area (Å²) in [6.45, 7) is 4.72. The van der Waals surface area contributed by atoms with Crippen molar-refractivity contribution in [1.82, 2.24) is 0 Å². The van der Waals surface area contributed by atoms with E-state index in [2.05, 4.69) is 218 Å². The molecule has 9 rings (SSSR count). The van der Waals surface area contributed by atoms with Crippen LogP contribution in [0.1, 0.15) is 25.0 Å². The van der Waals surface area contributed by atoms with Crippen LogP contribution in [0.3, 0.4) is 0 Å². The van der Waals surface area contributed by atoms with Crippen molar-refractivity contribution in [3.63, 3.8) is 0 Å². The van der Waals surface area contributed by atoms with E-state index in [4.69, 9.17) is 0 Å². The normalized spacial score (nSPS) is 13.0. The summed E-state index contributed by atoms with van der Waals surface area (Å²) in [5.41, 5.74) is 14.3. The monoisotopic (exact) mass is 654 g/mol. The Hall–Kier alpha value is -6.38. The van der Waals surface area contributed by atoms with E-state index in [0.717, 1.165) is 17.1 Å². The van der Waals surface area contributed by atoms with Gasteiger partial charge in [-0.3, -0.25) is 0 Å². The molecule has 2 nitrogen and oxygen atoms in total. The average molecular weight is 655 g/mol. The molecule has 0 aliphatic carbocycles. The molecule has 0 unspecified atom stereocenters. The Bertz CT molecular complexity index is 2440. The van der Waals surface area contributed by atoms with Crippen molar-refractivity contribution >= 4 is 44.9 Å². The van der Waals surface area contributed by atoms with E-state index >= 15 is 0 Å². The van der Waals surface area contributed by atoms with Gasteiger partial charge in [0.15, 0.2) is 0 Å². The third kappa shape index (κ3) is 5.28. The predicted octanol–water partition coefficient (Wildman–Crippen LogP) is 13.8. The van der Waals surface area contributed by atoms with Crippen molar-refractivity contribution in [1.29, 1.82) is 0 Å². The fourth-order valence-corrected chi connectivity index (χ4v) is 7.89. The van der Waals surface area contributed by atoms with Crippen molar-refractivity contribution in [3.05, 3.63) is 205 Å². The Kier molecular flexibility index (Phi) is 7.51. The topological polar surface area (TPSA) is 6.48 Å². The van der Waals surface area contributed by atoms with Gasteiger partial charge in [0, 0.05) is 33.4 Å². The minimum Gasteiger partial charge on any atom is -0.311 e. The van der Waals surface area contributed by atoms with Gasteiger partial charge >= 0.3 is 0 Å². The zero-order chi connectivity index (χ0) is 34.4. The molecular weight excluding hydrogens is 617 g/mol. The molecule has 0 saturated heterocycles. The third-order valence-electron chi connectivity index (χ3n) is 10.4. The molecule has 0 fully saturated rings. The molecule has 1 aliphatic rings. The molecule has 2 heteroatoms. The Balaban J connectivity index is 1.23. The summed E-state index contributed by atoms with van der Waals surface area (Å²) in [6.07, 6.45) is 0. The highest BCUT2D eigenvalue weighted by Crippen LogP contribution is 2.55. The first-order chi connectivity index (χ1) is 25.1. The van der Waals surface area contributed by atoms with Crippen LogP contribution in [0.2, 0.25) is 0 Å². The molecule has 0 aromatic heterocycles. The van der Waals surface area contributed by atoms with E-state index in [0.29, 0.717) is 0 Å². The fraction of sp³-hybridized carbons (Fsp3) is 0.0612. The van der Waals surface area contributed by atoms with Gasteiger partial charge in [0.25, 0.3) is 0 Å². The van der Waals surface area contributed by atoms with E-state index in [1.807, 2.05) is 0 Å². The van der Waals surface area contributed by atoms with Crippen LogP contribution in [-0.2, 0) is 5.41 Å². The van der Waals surface area contributed by atoms with E-state index in [1.54, 1.807) is 0 Å². The lowest BCUT2D eigenvalue weighted by atomic mass is 9.73. The second kappa shape index (κ2) is 12.5. The Morgan fingerprint density at radius 1 is 0.412 bits per heavy atom. The van der Waals surface area contributed by atoms with Crippen LogP contribution in [0.25, 0.3) is 33.0 Å². The number of hydrogen-bond donors (Lipinski definition) is 0. The standard InChI is InChI=1S/C49H38N2/c1-49(2)44-24-14-15-25-46(44)51(48-42-23-13-12-18-37(42)28-32-43(48)36-16-6-3-7-17-36)47-34-38(29-33-45(47)49)35-26-30-41(31-27-35)50(39-19-8-4-9-20-39)40-21-10-5-11-22-40/h3-34H,1-2H3. The van der Waals surface area contributed by atoms with Crippen molar-refractivity contribution in [3.8, 4) is 22.3 Å². The molecule has 0 N–H and O–H groups in total. The molecule has 0 bridgehead atoms. The van der Waals surface area contributed by atoms with Crippen LogP contribution in [0, 0.1) is 0 Å². The zero-order valence-electron chi connectivity index (χ0n) is 28.9. The quantitative estimate of drug-likeness (QED) is 0.176. The largest absolute Gasteiger partial charge is 0.311 e. The van der Waals surface area contributed by atoms with Gasteiger partial charge in [0.05, 0.1) is 17.1 Å². The van der Waals surface area contributed by atoms with Gasteiger partial charge in [-0.2, -0.15) is 0 Å². The highest BCUT2D eigenvalue weighted by Gasteiger charge is 2.38. The summed E-state index contributed by atoms with van der Waals surface area (Å²) in [6, 6.07) is 70.3. The summed E-state index contributed by atoms with van der Waals surface area (Å²) >= 11 is 0. The molecule has 0 atom stereocenters. The van der Waals surface area contributed by atoms with E-state index in [9.17, 15) is 0 Å². The highest BCUT2D eigenvalue weighted by molar-refractivity contribution is 6.07. The Labute approximate surface area is 300 Å². The highest BCUT2D eigenvalue weighted by atomic mass is 15.2. The number of rotatable bonds is 6. The second-order valence-corrected chi connectivity index (χ2v) is 13.8. The first-order valence-electron chi connectivity index (χ1n) is 17.7.